The third-order valence-corrected chi connectivity index (χ3v) is 2.25. The van der Waals surface area contributed by atoms with E-state index in [2.05, 4.69) is 9.97 Å². The number of nitrogens with zero attached hydrogens (tertiary/aromatic N) is 2. The molecular weight excluding hydrogens is 283 g/mol. The van der Waals surface area contributed by atoms with Crippen LogP contribution in [0, 0.1) is 0 Å². The van der Waals surface area contributed by atoms with Crippen LogP contribution in [0.3, 0.4) is 0 Å². The Morgan fingerprint density at radius 1 is 1.00 bits per heavy atom. The predicted molar refractivity (Wildman–Crippen MR) is 61.5 cm³/mol. The molecule has 0 N–H and O–H groups in total. The predicted octanol–water partition coefficient (Wildman–Crippen LogP) is -0.886. The molecule has 0 atom stereocenters. The van der Waals surface area contributed by atoms with E-state index in [0.717, 1.165) is 12.1 Å². The maximum absolute atomic E-state index is 12.4. The summed E-state index contributed by atoms with van der Waals surface area (Å²) in [4.78, 5) is 7.88. The van der Waals surface area contributed by atoms with Crippen LogP contribution in [0.15, 0.2) is 42.7 Å². The fourth-order valence-corrected chi connectivity index (χ4v) is 1.33. The summed E-state index contributed by atoms with van der Waals surface area (Å²) in [7, 11) is 0. The van der Waals surface area contributed by atoms with E-state index in [4.69, 9.17) is 4.74 Å². The van der Waals surface area contributed by atoms with Gasteiger partial charge in [-0.05, 0) is 18.2 Å². The molecule has 1 aromatic heterocycles. The molecule has 1 aromatic carbocycles. The SMILES string of the molecule is F[B-](F)(F)c1ccc(OCc2ncccn2)cc1.[K+]. The van der Waals surface area contributed by atoms with E-state index in [1.54, 1.807) is 18.5 Å². The third-order valence-electron chi connectivity index (χ3n) is 2.25. The van der Waals surface area contributed by atoms with Crippen LogP contribution in [-0.2, 0) is 6.61 Å². The Kier molecular flexibility index (Phi) is 6.48. The van der Waals surface area contributed by atoms with Gasteiger partial charge in [0.2, 0.25) is 0 Å². The number of ether oxygens (including phenoxy) is 1. The van der Waals surface area contributed by atoms with Gasteiger partial charge in [-0.15, -0.1) is 5.46 Å². The summed E-state index contributed by atoms with van der Waals surface area (Å²) in [6, 6.07) is 6.24. The van der Waals surface area contributed by atoms with Gasteiger partial charge in [0, 0.05) is 12.4 Å². The van der Waals surface area contributed by atoms with Crippen molar-refractivity contribution in [2.24, 2.45) is 0 Å². The molecule has 0 bridgehead atoms. The topological polar surface area (TPSA) is 35.0 Å². The quantitative estimate of drug-likeness (QED) is 0.686. The molecule has 0 unspecified atom stereocenters. The molecule has 94 valence electrons. The van der Waals surface area contributed by atoms with Gasteiger partial charge in [-0.3, -0.25) is 0 Å². The fourth-order valence-electron chi connectivity index (χ4n) is 1.33. The molecule has 0 aliphatic rings. The van der Waals surface area contributed by atoms with Gasteiger partial charge in [0.25, 0.3) is 0 Å². The van der Waals surface area contributed by atoms with Gasteiger partial charge in [-0.2, -0.15) is 0 Å². The Bertz CT molecular complexity index is 508. The summed E-state index contributed by atoms with van der Waals surface area (Å²) in [5.41, 5.74) is -0.640. The van der Waals surface area contributed by atoms with E-state index in [0.29, 0.717) is 11.6 Å². The van der Waals surface area contributed by atoms with Crippen molar-refractivity contribution in [1.29, 1.82) is 0 Å². The maximum atomic E-state index is 12.4. The molecule has 0 radical (unpaired) electrons. The van der Waals surface area contributed by atoms with E-state index in [9.17, 15) is 12.9 Å². The summed E-state index contributed by atoms with van der Waals surface area (Å²) >= 11 is 0. The van der Waals surface area contributed by atoms with Crippen LogP contribution in [0.4, 0.5) is 12.9 Å². The van der Waals surface area contributed by atoms with E-state index < -0.39 is 12.4 Å². The van der Waals surface area contributed by atoms with Crippen LogP contribution in [-0.4, -0.2) is 16.9 Å². The van der Waals surface area contributed by atoms with E-state index in [1.165, 1.54) is 12.1 Å². The first kappa shape index (κ1) is 16.6. The summed E-state index contributed by atoms with van der Waals surface area (Å²) < 4.78 is 42.4. The molecule has 0 saturated carbocycles. The smallest absolute Gasteiger partial charge is 0.486 e. The monoisotopic (exact) mass is 292 g/mol. The van der Waals surface area contributed by atoms with Crippen molar-refractivity contribution in [2.75, 3.05) is 0 Å². The second-order valence-electron chi connectivity index (χ2n) is 3.60. The summed E-state index contributed by atoms with van der Waals surface area (Å²) in [5.74, 6) is 0.827. The van der Waals surface area contributed by atoms with Gasteiger partial charge in [0.05, 0.1) is 0 Å². The molecule has 2 rings (SSSR count). The number of hydrogen-bond acceptors (Lipinski definition) is 3. The molecule has 0 aliphatic carbocycles. The second kappa shape index (κ2) is 7.39. The Labute approximate surface area is 151 Å². The number of halogens is 3. The van der Waals surface area contributed by atoms with Crippen LogP contribution in [0.1, 0.15) is 5.82 Å². The molecule has 0 fully saturated rings. The van der Waals surface area contributed by atoms with Crippen LogP contribution >= 0.6 is 0 Å². The van der Waals surface area contributed by atoms with Gasteiger partial charge < -0.3 is 17.7 Å². The fraction of sp³-hybridized carbons (Fsp3) is 0.0909. The normalized spacial score (nSPS) is 10.7. The van der Waals surface area contributed by atoms with Crippen LogP contribution < -0.4 is 61.6 Å². The van der Waals surface area contributed by atoms with Gasteiger partial charge in [-0.1, -0.05) is 12.1 Å². The minimum absolute atomic E-state index is 0. The molecule has 0 spiro atoms. The average molecular weight is 292 g/mol. The Balaban J connectivity index is 0.00000180. The third kappa shape index (κ3) is 5.23. The minimum Gasteiger partial charge on any atom is -0.486 e. The molecule has 19 heavy (non-hydrogen) atoms. The molecular formula is C11H9BF3KN2O. The minimum atomic E-state index is -4.96. The first-order valence-corrected chi connectivity index (χ1v) is 5.24. The van der Waals surface area contributed by atoms with Crippen LogP contribution in [0.5, 0.6) is 5.75 Å². The van der Waals surface area contributed by atoms with Gasteiger partial charge in [0.1, 0.15) is 12.4 Å². The van der Waals surface area contributed by atoms with Gasteiger partial charge in [0.15, 0.2) is 5.82 Å². The van der Waals surface area contributed by atoms with Crippen molar-refractivity contribution in [2.45, 2.75) is 6.61 Å². The Morgan fingerprint density at radius 2 is 1.58 bits per heavy atom. The van der Waals surface area contributed by atoms with Crippen molar-refractivity contribution in [1.82, 2.24) is 9.97 Å². The molecule has 0 amide bonds. The standard InChI is InChI=1S/C11H9BF3N2O.K/c13-12(14,15)9-2-4-10(5-3-9)18-8-11-16-6-1-7-17-11;/h1-7H,8H2;/q-1;+1. The molecule has 0 aliphatic heterocycles. The van der Waals surface area contributed by atoms with Gasteiger partial charge >= 0.3 is 58.4 Å². The zero-order chi connectivity index (χ0) is 13.0. The van der Waals surface area contributed by atoms with E-state index >= 15 is 0 Å². The van der Waals surface area contributed by atoms with E-state index in [1.807, 2.05) is 0 Å². The van der Waals surface area contributed by atoms with Crippen molar-refractivity contribution < 1.29 is 69.1 Å². The molecule has 2 aromatic rings. The number of rotatable bonds is 4. The zero-order valence-electron chi connectivity index (χ0n) is 10.3. The molecule has 0 saturated heterocycles. The number of hydrogen-bond donors (Lipinski definition) is 0. The summed E-state index contributed by atoms with van der Waals surface area (Å²) in [6.07, 6.45) is 3.14. The zero-order valence-corrected chi connectivity index (χ0v) is 13.4. The molecule has 1 heterocycles. The van der Waals surface area contributed by atoms with E-state index in [-0.39, 0.29) is 58.0 Å². The molecule has 3 nitrogen and oxygen atoms in total. The van der Waals surface area contributed by atoms with Crippen LogP contribution in [0.2, 0.25) is 0 Å². The average Bonchev–Trinajstić information content (AvgIpc) is 2.37. The number of aromatic nitrogens is 2. The second-order valence-corrected chi connectivity index (χ2v) is 3.60. The van der Waals surface area contributed by atoms with Crippen molar-refractivity contribution in [3.63, 3.8) is 0 Å². The first-order valence-electron chi connectivity index (χ1n) is 5.24. The van der Waals surface area contributed by atoms with Gasteiger partial charge in [-0.25, -0.2) is 9.97 Å². The van der Waals surface area contributed by atoms with Crippen molar-refractivity contribution in [3.8, 4) is 5.75 Å². The largest absolute Gasteiger partial charge is 1.00 e. The summed E-state index contributed by atoms with van der Waals surface area (Å²) in [5, 5.41) is 0. The van der Waals surface area contributed by atoms with Crippen LogP contribution in [0.25, 0.3) is 0 Å². The number of benzene rings is 1. The summed E-state index contributed by atoms with van der Waals surface area (Å²) in [6.45, 7) is -4.84. The van der Waals surface area contributed by atoms with Crippen molar-refractivity contribution in [3.05, 3.63) is 48.5 Å². The Morgan fingerprint density at radius 3 is 2.11 bits per heavy atom. The van der Waals surface area contributed by atoms with Crippen molar-refractivity contribution >= 4 is 12.4 Å². The Hall–Kier alpha value is -0.409. The maximum Gasteiger partial charge on any atom is 1.00 e. The first-order chi connectivity index (χ1) is 8.55. The molecule has 8 heteroatoms.